The minimum Gasteiger partial charge on any atom is -0.503 e. The minimum absolute atomic E-state index is 0.117. The van der Waals surface area contributed by atoms with Crippen LogP contribution < -0.4 is 4.74 Å². The third-order valence-electron chi connectivity index (χ3n) is 3.66. The highest BCUT2D eigenvalue weighted by atomic mass is 35.5. The summed E-state index contributed by atoms with van der Waals surface area (Å²) in [6, 6.07) is 12.7. The molecule has 0 unspecified atom stereocenters. The van der Waals surface area contributed by atoms with Crippen molar-refractivity contribution in [3.63, 3.8) is 0 Å². The number of phenols is 1. The average molecular weight is 417 g/mol. The van der Waals surface area contributed by atoms with Gasteiger partial charge < -0.3 is 9.84 Å². The van der Waals surface area contributed by atoms with E-state index in [2.05, 4.69) is 11.1 Å². The number of hydrogen-bond acceptors (Lipinski definition) is 5. The van der Waals surface area contributed by atoms with Gasteiger partial charge in [0.2, 0.25) is 0 Å². The fourth-order valence-electron chi connectivity index (χ4n) is 2.40. The third kappa shape index (κ3) is 4.42. The Morgan fingerprint density at radius 1 is 1.30 bits per heavy atom. The maximum Gasteiger partial charge on any atom is 0.176 e. The zero-order valence-corrected chi connectivity index (χ0v) is 16.6. The zero-order chi connectivity index (χ0) is 19.4. The number of ether oxygens (including phenoxy) is 1. The molecule has 7 heteroatoms. The van der Waals surface area contributed by atoms with Crippen molar-refractivity contribution < 1.29 is 9.84 Å². The Bertz CT molecular complexity index is 1040. The first-order chi connectivity index (χ1) is 13.0. The van der Waals surface area contributed by atoms with Crippen LogP contribution in [0.15, 0.2) is 41.8 Å². The van der Waals surface area contributed by atoms with Gasteiger partial charge in [0.25, 0.3) is 0 Å². The quantitative estimate of drug-likeness (QED) is 0.496. The second-order valence-electron chi connectivity index (χ2n) is 5.50. The monoisotopic (exact) mass is 416 g/mol. The number of nitrogens with zero attached hydrogens (tertiary/aromatic N) is 2. The maximum atomic E-state index is 9.95. The van der Waals surface area contributed by atoms with Crippen molar-refractivity contribution in [1.82, 2.24) is 4.98 Å². The molecule has 0 radical (unpaired) electrons. The SMILES string of the molecule is CCOc1cc(/C=C(/C#N)c2nc(-c3ccc(Cl)cc3)cs2)cc(Cl)c1O. The molecule has 2 aromatic carbocycles. The van der Waals surface area contributed by atoms with Gasteiger partial charge in [0.1, 0.15) is 11.1 Å². The average Bonchev–Trinajstić information content (AvgIpc) is 3.14. The molecule has 0 bridgehead atoms. The second-order valence-corrected chi connectivity index (χ2v) is 7.20. The summed E-state index contributed by atoms with van der Waals surface area (Å²) in [6.07, 6.45) is 1.66. The molecule has 1 N–H and O–H groups in total. The molecule has 3 rings (SSSR count). The molecular formula is C20H14Cl2N2O2S. The van der Waals surface area contributed by atoms with Crippen LogP contribution in [0.4, 0.5) is 0 Å². The molecule has 1 aromatic heterocycles. The van der Waals surface area contributed by atoms with Crippen molar-refractivity contribution in [2.75, 3.05) is 6.61 Å². The van der Waals surface area contributed by atoms with E-state index in [1.807, 2.05) is 24.4 Å². The molecule has 0 saturated carbocycles. The number of aromatic nitrogens is 1. The van der Waals surface area contributed by atoms with Crippen LogP contribution in [0.3, 0.4) is 0 Å². The molecule has 0 amide bonds. The number of aromatic hydroxyl groups is 1. The van der Waals surface area contributed by atoms with Gasteiger partial charge in [0.15, 0.2) is 11.5 Å². The summed E-state index contributed by atoms with van der Waals surface area (Å²) in [4.78, 5) is 4.55. The summed E-state index contributed by atoms with van der Waals surface area (Å²) in [5.74, 6) is 0.156. The van der Waals surface area contributed by atoms with Crippen LogP contribution in [0.5, 0.6) is 11.5 Å². The Morgan fingerprint density at radius 2 is 2.04 bits per heavy atom. The fourth-order valence-corrected chi connectivity index (χ4v) is 3.54. The molecule has 0 saturated heterocycles. The van der Waals surface area contributed by atoms with Crippen LogP contribution in [-0.2, 0) is 0 Å². The van der Waals surface area contributed by atoms with Gasteiger partial charge in [0.05, 0.1) is 22.9 Å². The van der Waals surface area contributed by atoms with Crippen molar-refractivity contribution >= 4 is 46.2 Å². The smallest absolute Gasteiger partial charge is 0.176 e. The van der Waals surface area contributed by atoms with E-state index in [0.29, 0.717) is 27.8 Å². The van der Waals surface area contributed by atoms with Gasteiger partial charge in [-0.2, -0.15) is 5.26 Å². The molecule has 0 spiro atoms. The lowest BCUT2D eigenvalue weighted by Crippen LogP contribution is -1.93. The van der Waals surface area contributed by atoms with E-state index in [1.165, 1.54) is 11.3 Å². The van der Waals surface area contributed by atoms with Gasteiger partial charge >= 0.3 is 0 Å². The number of phenolic OH excluding ortho intramolecular Hbond substituents is 1. The normalized spacial score (nSPS) is 11.3. The Hall–Kier alpha value is -2.52. The van der Waals surface area contributed by atoms with E-state index in [4.69, 9.17) is 27.9 Å². The second kappa shape index (κ2) is 8.45. The minimum atomic E-state index is -0.117. The van der Waals surface area contributed by atoms with E-state index in [-0.39, 0.29) is 16.5 Å². The van der Waals surface area contributed by atoms with Crippen LogP contribution >= 0.6 is 34.5 Å². The van der Waals surface area contributed by atoms with Crippen molar-refractivity contribution in [1.29, 1.82) is 5.26 Å². The lowest BCUT2D eigenvalue weighted by atomic mass is 10.1. The molecule has 1 heterocycles. The Kier molecular flexibility index (Phi) is 6.02. The Labute approximate surface area is 170 Å². The topological polar surface area (TPSA) is 66.1 Å². The standard InChI is InChI=1S/C20H14Cl2N2O2S/c1-2-26-18-9-12(8-16(22)19(18)25)7-14(10-23)20-24-17(11-27-20)13-3-5-15(21)6-4-13/h3-9,11,25H,2H2,1H3/b14-7-. The number of nitriles is 1. The molecule has 3 aromatic rings. The van der Waals surface area contributed by atoms with Gasteiger partial charge in [-0.3, -0.25) is 0 Å². The summed E-state index contributed by atoms with van der Waals surface area (Å²) in [6.45, 7) is 2.20. The maximum absolute atomic E-state index is 9.95. The highest BCUT2D eigenvalue weighted by Gasteiger charge is 2.12. The molecule has 0 fully saturated rings. The number of hydrogen-bond donors (Lipinski definition) is 1. The first kappa shape index (κ1) is 19.2. The van der Waals surface area contributed by atoms with Gasteiger partial charge in [-0.25, -0.2) is 4.98 Å². The third-order valence-corrected chi connectivity index (χ3v) is 5.07. The summed E-state index contributed by atoms with van der Waals surface area (Å²) < 4.78 is 5.38. The van der Waals surface area contributed by atoms with Crippen LogP contribution in [0.2, 0.25) is 10.0 Å². The van der Waals surface area contributed by atoms with Crippen molar-refractivity contribution in [2.45, 2.75) is 6.92 Å². The molecule has 0 aliphatic carbocycles. The lowest BCUT2D eigenvalue weighted by molar-refractivity contribution is 0.318. The summed E-state index contributed by atoms with van der Waals surface area (Å²) in [7, 11) is 0. The molecule has 0 aliphatic heterocycles. The molecular weight excluding hydrogens is 403 g/mol. The van der Waals surface area contributed by atoms with Gasteiger partial charge in [-0.1, -0.05) is 35.3 Å². The van der Waals surface area contributed by atoms with Gasteiger partial charge in [-0.15, -0.1) is 11.3 Å². The van der Waals surface area contributed by atoms with Crippen molar-refractivity contribution in [3.05, 3.63) is 62.4 Å². The van der Waals surface area contributed by atoms with Crippen LogP contribution in [0.1, 0.15) is 17.5 Å². The number of thiazole rings is 1. The predicted molar refractivity (Wildman–Crippen MR) is 110 cm³/mol. The van der Waals surface area contributed by atoms with Crippen LogP contribution in [0, 0.1) is 11.3 Å². The fraction of sp³-hybridized carbons (Fsp3) is 0.100. The first-order valence-corrected chi connectivity index (χ1v) is 9.64. The van der Waals surface area contributed by atoms with E-state index in [1.54, 1.807) is 30.3 Å². The predicted octanol–water partition coefficient (Wildman–Crippen LogP) is 6.29. The van der Waals surface area contributed by atoms with Crippen LogP contribution in [-0.4, -0.2) is 16.7 Å². The van der Waals surface area contributed by atoms with E-state index >= 15 is 0 Å². The van der Waals surface area contributed by atoms with E-state index in [0.717, 1.165) is 11.3 Å². The Balaban J connectivity index is 1.96. The summed E-state index contributed by atoms with van der Waals surface area (Å²) in [5.41, 5.74) is 2.72. The van der Waals surface area contributed by atoms with Crippen molar-refractivity contribution in [2.24, 2.45) is 0 Å². The first-order valence-electron chi connectivity index (χ1n) is 8.00. The zero-order valence-electron chi connectivity index (χ0n) is 14.2. The van der Waals surface area contributed by atoms with E-state index < -0.39 is 0 Å². The molecule has 0 atom stereocenters. The van der Waals surface area contributed by atoms with E-state index in [9.17, 15) is 10.4 Å². The van der Waals surface area contributed by atoms with Crippen LogP contribution in [0.25, 0.3) is 22.9 Å². The largest absolute Gasteiger partial charge is 0.503 e. The number of allylic oxidation sites excluding steroid dienone is 1. The van der Waals surface area contributed by atoms with Gasteiger partial charge in [-0.05, 0) is 42.8 Å². The summed E-state index contributed by atoms with van der Waals surface area (Å²) >= 11 is 13.3. The summed E-state index contributed by atoms with van der Waals surface area (Å²) in [5, 5.41) is 22.8. The molecule has 4 nitrogen and oxygen atoms in total. The number of rotatable bonds is 5. The highest BCUT2D eigenvalue weighted by Crippen LogP contribution is 2.36. The highest BCUT2D eigenvalue weighted by molar-refractivity contribution is 7.11. The van der Waals surface area contributed by atoms with Crippen molar-refractivity contribution in [3.8, 4) is 28.8 Å². The number of halogens is 2. The number of benzene rings is 2. The molecule has 0 aliphatic rings. The van der Waals surface area contributed by atoms with Gasteiger partial charge in [0, 0.05) is 16.0 Å². The Morgan fingerprint density at radius 3 is 2.70 bits per heavy atom. The molecule has 27 heavy (non-hydrogen) atoms. The molecule has 136 valence electrons. The lowest BCUT2D eigenvalue weighted by Gasteiger charge is -2.08.